The molecule has 0 radical (unpaired) electrons. The van der Waals surface area contributed by atoms with Crippen LogP contribution >= 0.6 is 0 Å². The molecule has 0 fully saturated rings. The summed E-state index contributed by atoms with van der Waals surface area (Å²) in [5, 5.41) is 0. The number of ketones is 1. The van der Waals surface area contributed by atoms with Gasteiger partial charge in [-0.2, -0.15) is 8.42 Å². The summed E-state index contributed by atoms with van der Waals surface area (Å²) in [5.41, 5.74) is -0.0771. The van der Waals surface area contributed by atoms with Gasteiger partial charge in [-0.05, 0) is 12.1 Å². The van der Waals surface area contributed by atoms with E-state index in [1.54, 1.807) is 0 Å². The summed E-state index contributed by atoms with van der Waals surface area (Å²) < 4.78 is 45.5. The van der Waals surface area contributed by atoms with E-state index in [2.05, 4.69) is 0 Å². The lowest BCUT2D eigenvalue weighted by Crippen LogP contribution is -2.36. The Morgan fingerprint density at radius 1 is 1.09 bits per heavy atom. The van der Waals surface area contributed by atoms with Crippen molar-refractivity contribution in [3.8, 4) is 17.2 Å². The third-order valence-corrected chi connectivity index (χ3v) is 3.54. The van der Waals surface area contributed by atoms with Crippen LogP contribution in [0, 0.1) is 0 Å². The van der Waals surface area contributed by atoms with Gasteiger partial charge in [0.15, 0.2) is 11.5 Å². The average Bonchev–Trinajstić information content (AvgIpc) is 2.50. The van der Waals surface area contributed by atoms with Crippen LogP contribution in [0.15, 0.2) is 12.1 Å². The Hall–Kier alpha value is -2.33. The fourth-order valence-electron chi connectivity index (χ4n) is 1.81. The van der Waals surface area contributed by atoms with Crippen molar-refractivity contribution < 1.29 is 36.8 Å². The molecule has 1 aromatic rings. The molecule has 1 amide bonds. The lowest BCUT2D eigenvalue weighted by atomic mass is 10.1. The molecule has 0 aromatic heterocycles. The highest BCUT2D eigenvalue weighted by Gasteiger charge is 2.26. The van der Waals surface area contributed by atoms with Crippen molar-refractivity contribution in [2.45, 2.75) is 0 Å². The van der Waals surface area contributed by atoms with Gasteiger partial charge < -0.3 is 19.1 Å². The first-order chi connectivity index (χ1) is 10.6. The number of hydrogen-bond acceptors (Lipinski definition) is 7. The molecule has 0 bridgehead atoms. The highest BCUT2D eigenvalue weighted by Crippen LogP contribution is 2.38. The van der Waals surface area contributed by atoms with E-state index in [1.807, 2.05) is 0 Å². The Kier molecular flexibility index (Phi) is 5.93. The molecule has 1 rings (SSSR count). The number of amides is 1. The largest absolute Gasteiger partial charge is 0.493 e. The molecule has 10 heteroatoms. The first-order valence-electron chi connectivity index (χ1n) is 6.19. The zero-order valence-electron chi connectivity index (χ0n) is 13.0. The van der Waals surface area contributed by atoms with Crippen LogP contribution in [-0.2, 0) is 14.9 Å². The van der Waals surface area contributed by atoms with Gasteiger partial charge in [-0.1, -0.05) is 0 Å². The highest BCUT2D eigenvalue weighted by molar-refractivity contribution is 7.85. The highest BCUT2D eigenvalue weighted by atomic mass is 32.2. The van der Waals surface area contributed by atoms with E-state index in [4.69, 9.17) is 18.8 Å². The molecular weight excluding hydrogens is 330 g/mol. The summed E-state index contributed by atoms with van der Waals surface area (Å²) in [4.78, 5) is 24.7. The van der Waals surface area contributed by atoms with E-state index in [-0.39, 0.29) is 22.8 Å². The van der Waals surface area contributed by atoms with Crippen LogP contribution < -0.4 is 14.2 Å². The number of carbonyl (C=O) groups excluding carboxylic acids is 2. The number of hydrogen-bond donors (Lipinski definition) is 1. The van der Waals surface area contributed by atoms with Crippen LogP contribution in [0.4, 0.5) is 0 Å². The molecule has 23 heavy (non-hydrogen) atoms. The first-order valence-corrected chi connectivity index (χ1v) is 7.80. The fourth-order valence-corrected chi connectivity index (χ4v) is 2.42. The number of likely N-dealkylation sites (N-methyl/N-ethyl adjacent to an activating group) is 1. The van der Waals surface area contributed by atoms with Crippen molar-refractivity contribution in [1.82, 2.24) is 4.90 Å². The molecule has 128 valence electrons. The second kappa shape index (κ2) is 7.29. The standard InChI is InChI=1S/C13H17NO8S/c1-14(7-23(17,18)19)13(16)11(15)8-5-9(20-2)12(22-4)10(6-8)21-3/h5-6H,7H2,1-4H3,(H,17,18,19). The number of ether oxygens (including phenoxy) is 3. The van der Waals surface area contributed by atoms with E-state index in [1.165, 1.54) is 33.5 Å². The molecular formula is C13H17NO8S. The van der Waals surface area contributed by atoms with Gasteiger partial charge in [0, 0.05) is 12.6 Å². The lowest BCUT2D eigenvalue weighted by Gasteiger charge is -2.16. The summed E-state index contributed by atoms with van der Waals surface area (Å²) in [7, 11) is 0.710. The molecule has 1 N–H and O–H groups in total. The second-order valence-corrected chi connectivity index (χ2v) is 5.88. The van der Waals surface area contributed by atoms with Crippen LogP contribution in [0.5, 0.6) is 17.2 Å². The molecule has 0 unspecified atom stereocenters. The number of nitrogens with zero attached hydrogens (tertiary/aromatic N) is 1. The third kappa shape index (κ3) is 4.57. The van der Waals surface area contributed by atoms with E-state index in [9.17, 15) is 18.0 Å². The number of Topliss-reactive ketones (excluding diaryl/α,β-unsaturated/α-hetero) is 1. The second-order valence-electron chi connectivity index (χ2n) is 4.46. The lowest BCUT2D eigenvalue weighted by molar-refractivity contribution is -0.124. The van der Waals surface area contributed by atoms with E-state index >= 15 is 0 Å². The maximum Gasteiger partial charge on any atom is 0.295 e. The Labute approximate surface area is 133 Å². The predicted molar refractivity (Wildman–Crippen MR) is 79.6 cm³/mol. The fraction of sp³-hybridized carbons (Fsp3) is 0.385. The van der Waals surface area contributed by atoms with E-state index in [0.717, 1.165) is 7.05 Å². The predicted octanol–water partition coefficient (Wildman–Crippen LogP) is 0.199. The van der Waals surface area contributed by atoms with Crippen molar-refractivity contribution in [3.05, 3.63) is 17.7 Å². The first kappa shape index (κ1) is 18.7. The van der Waals surface area contributed by atoms with Gasteiger partial charge in [0.2, 0.25) is 5.75 Å². The number of methoxy groups -OCH3 is 3. The number of rotatable bonds is 7. The maximum atomic E-state index is 12.2. The summed E-state index contributed by atoms with van der Waals surface area (Å²) in [6, 6.07) is 2.53. The zero-order valence-corrected chi connectivity index (χ0v) is 13.8. The zero-order chi connectivity index (χ0) is 17.8. The van der Waals surface area contributed by atoms with Gasteiger partial charge >= 0.3 is 0 Å². The van der Waals surface area contributed by atoms with Crippen molar-refractivity contribution in [3.63, 3.8) is 0 Å². The molecule has 1 aromatic carbocycles. The molecule has 0 aliphatic rings. The molecule has 0 aliphatic heterocycles. The minimum atomic E-state index is -4.44. The van der Waals surface area contributed by atoms with Crippen molar-refractivity contribution in [2.75, 3.05) is 34.3 Å². The minimum absolute atomic E-state index is 0.0771. The van der Waals surface area contributed by atoms with Crippen LogP contribution in [0.2, 0.25) is 0 Å². The van der Waals surface area contributed by atoms with E-state index in [0.29, 0.717) is 4.90 Å². The quantitative estimate of drug-likeness (QED) is 0.422. The van der Waals surface area contributed by atoms with Crippen LogP contribution in [-0.4, -0.2) is 63.8 Å². The summed E-state index contributed by atoms with van der Waals surface area (Å²) in [6.45, 7) is 0. The van der Waals surface area contributed by atoms with Crippen LogP contribution in [0.25, 0.3) is 0 Å². The van der Waals surface area contributed by atoms with Crippen molar-refractivity contribution in [1.29, 1.82) is 0 Å². The molecule has 0 aliphatic carbocycles. The maximum absolute atomic E-state index is 12.2. The molecule has 0 saturated heterocycles. The van der Waals surface area contributed by atoms with Gasteiger partial charge in [-0.25, -0.2) is 0 Å². The third-order valence-electron chi connectivity index (χ3n) is 2.82. The van der Waals surface area contributed by atoms with Crippen molar-refractivity contribution >= 4 is 21.8 Å². The Morgan fingerprint density at radius 3 is 1.91 bits per heavy atom. The van der Waals surface area contributed by atoms with Crippen LogP contribution in [0.3, 0.4) is 0 Å². The molecule has 0 atom stereocenters. The normalized spacial score (nSPS) is 10.8. The summed E-state index contributed by atoms with van der Waals surface area (Å²) in [6.07, 6.45) is 0. The van der Waals surface area contributed by atoms with E-state index < -0.39 is 27.7 Å². The minimum Gasteiger partial charge on any atom is -0.493 e. The Morgan fingerprint density at radius 2 is 1.57 bits per heavy atom. The Balaban J connectivity index is 3.20. The summed E-state index contributed by atoms with van der Waals surface area (Å²) in [5.74, 6) is -2.53. The average molecular weight is 347 g/mol. The molecule has 0 heterocycles. The van der Waals surface area contributed by atoms with Crippen molar-refractivity contribution in [2.24, 2.45) is 0 Å². The van der Waals surface area contributed by atoms with Gasteiger partial charge in [0.05, 0.1) is 21.3 Å². The molecule has 0 saturated carbocycles. The van der Waals surface area contributed by atoms with Gasteiger partial charge in [-0.15, -0.1) is 0 Å². The number of carbonyl (C=O) groups is 2. The van der Waals surface area contributed by atoms with Gasteiger partial charge in [0.25, 0.3) is 21.8 Å². The smallest absolute Gasteiger partial charge is 0.295 e. The van der Waals surface area contributed by atoms with Gasteiger partial charge in [0.1, 0.15) is 5.88 Å². The topological polar surface area (TPSA) is 119 Å². The number of benzene rings is 1. The summed E-state index contributed by atoms with van der Waals surface area (Å²) >= 11 is 0. The monoisotopic (exact) mass is 347 g/mol. The van der Waals surface area contributed by atoms with Gasteiger partial charge in [-0.3, -0.25) is 14.1 Å². The molecule has 9 nitrogen and oxygen atoms in total. The Bertz CT molecular complexity index is 688. The van der Waals surface area contributed by atoms with Crippen LogP contribution in [0.1, 0.15) is 10.4 Å². The SMILES string of the molecule is COc1cc(C(=O)C(=O)N(C)CS(=O)(=O)O)cc(OC)c1OC. The molecule has 0 spiro atoms.